The number of anilines is 1. The maximum Gasteiger partial charge on any atom is 0.255 e. The van der Waals surface area contributed by atoms with Gasteiger partial charge < -0.3 is 5.32 Å². The summed E-state index contributed by atoms with van der Waals surface area (Å²) >= 11 is 0. The van der Waals surface area contributed by atoms with Gasteiger partial charge in [0.1, 0.15) is 6.07 Å². The van der Waals surface area contributed by atoms with E-state index in [-0.39, 0.29) is 4.90 Å². The van der Waals surface area contributed by atoms with Crippen molar-refractivity contribution in [2.45, 2.75) is 4.90 Å². The molecule has 1 N–H and O–H groups in total. The summed E-state index contributed by atoms with van der Waals surface area (Å²) in [5.41, 5.74) is 1.09. The van der Waals surface area contributed by atoms with E-state index in [1.807, 2.05) is 6.07 Å². The number of amides is 1. The second-order valence-corrected chi connectivity index (χ2v) is 6.42. The van der Waals surface area contributed by atoms with Crippen LogP contribution in [0.15, 0.2) is 53.4 Å². The van der Waals surface area contributed by atoms with Crippen LogP contribution in [0.5, 0.6) is 0 Å². The Kier molecular flexibility index (Phi) is 4.05. The highest BCUT2D eigenvalue weighted by molar-refractivity contribution is 7.90. The molecule has 106 valence electrons. The summed E-state index contributed by atoms with van der Waals surface area (Å²) in [5.74, 6) is -0.405. The molecule has 1 amide bonds. The van der Waals surface area contributed by atoms with E-state index in [9.17, 15) is 13.2 Å². The van der Waals surface area contributed by atoms with Crippen LogP contribution in [0.3, 0.4) is 0 Å². The third-order valence-corrected chi connectivity index (χ3v) is 3.97. The minimum atomic E-state index is -3.29. The number of nitrogens with zero attached hydrogens (tertiary/aromatic N) is 1. The lowest BCUT2D eigenvalue weighted by molar-refractivity contribution is 0.102. The van der Waals surface area contributed by atoms with Crippen molar-refractivity contribution in [2.24, 2.45) is 0 Å². The van der Waals surface area contributed by atoms with Gasteiger partial charge in [-0.05, 0) is 36.4 Å². The van der Waals surface area contributed by atoms with Crippen LogP contribution in [0.1, 0.15) is 15.9 Å². The highest BCUT2D eigenvalue weighted by atomic mass is 32.2. The number of hydrogen-bond donors (Lipinski definition) is 1. The predicted molar refractivity (Wildman–Crippen MR) is 78.7 cm³/mol. The lowest BCUT2D eigenvalue weighted by Gasteiger charge is -2.07. The second-order valence-electron chi connectivity index (χ2n) is 4.41. The predicted octanol–water partition coefficient (Wildman–Crippen LogP) is 2.21. The fourth-order valence-electron chi connectivity index (χ4n) is 1.74. The summed E-state index contributed by atoms with van der Waals surface area (Å²) in [4.78, 5) is 12.2. The summed E-state index contributed by atoms with van der Waals surface area (Å²) in [6.07, 6.45) is 1.10. The monoisotopic (exact) mass is 300 g/mol. The van der Waals surface area contributed by atoms with E-state index in [0.29, 0.717) is 16.8 Å². The number of nitrogens with one attached hydrogen (secondary N) is 1. The molecular formula is C15H12N2O3S. The molecule has 0 saturated heterocycles. The second kappa shape index (κ2) is 5.77. The quantitative estimate of drug-likeness (QED) is 0.941. The standard InChI is InChI=1S/C15H12N2O3S/c1-21(19,20)13-8-6-11(7-9-13)15(18)17-14-5-3-2-4-12(14)10-16/h2-9H,1H3,(H,17,18). The molecule has 0 aliphatic rings. The average molecular weight is 300 g/mol. The van der Waals surface area contributed by atoms with Gasteiger partial charge in [-0.15, -0.1) is 0 Å². The minimum Gasteiger partial charge on any atom is -0.321 e. The Hall–Kier alpha value is -2.65. The lowest BCUT2D eigenvalue weighted by atomic mass is 10.1. The zero-order valence-electron chi connectivity index (χ0n) is 11.2. The smallest absolute Gasteiger partial charge is 0.255 e. The Morgan fingerprint density at radius 1 is 1.10 bits per heavy atom. The number of para-hydroxylation sites is 1. The zero-order chi connectivity index (χ0) is 15.5. The van der Waals surface area contributed by atoms with Gasteiger partial charge in [0.05, 0.1) is 16.1 Å². The molecule has 0 radical (unpaired) electrons. The first kappa shape index (κ1) is 14.8. The van der Waals surface area contributed by atoms with Crippen LogP contribution in [0.2, 0.25) is 0 Å². The van der Waals surface area contributed by atoms with E-state index >= 15 is 0 Å². The molecule has 5 nitrogen and oxygen atoms in total. The van der Waals surface area contributed by atoms with Crippen LogP contribution in [-0.4, -0.2) is 20.6 Å². The molecule has 2 rings (SSSR count). The van der Waals surface area contributed by atoms with Crippen LogP contribution >= 0.6 is 0 Å². The van der Waals surface area contributed by atoms with Crippen molar-refractivity contribution in [3.63, 3.8) is 0 Å². The minimum absolute atomic E-state index is 0.150. The van der Waals surface area contributed by atoms with Crippen molar-refractivity contribution in [2.75, 3.05) is 11.6 Å². The summed E-state index contributed by atoms with van der Waals surface area (Å²) in [7, 11) is -3.29. The highest BCUT2D eigenvalue weighted by Gasteiger charge is 2.11. The number of rotatable bonds is 3. The van der Waals surface area contributed by atoms with Crippen molar-refractivity contribution in [1.82, 2.24) is 0 Å². The van der Waals surface area contributed by atoms with Crippen molar-refractivity contribution < 1.29 is 13.2 Å². The van der Waals surface area contributed by atoms with Crippen molar-refractivity contribution in [1.29, 1.82) is 5.26 Å². The van der Waals surface area contributed by atoms with Gasteiger partial charge in [-0.25, -0.2) is 8.42 Å². The van der Waals surface area contributed by atoms with E-state index in [1.54, 1.807) is 24.3 Å². The Morgan fingerprint density at radius 3 is 2.29 bits per heavy atom. The number of sulfone groups is 1. The van der Waals surface area contributed by atoms with Gasteiger partial charge in [0.25, 0.3) is 5.91 Å². The molecule has 0 aromatic heterocycles. The molecule has 2 aromatic carbocycles. The van der Waals surface area contributed by atoms with Crippen molar-refractivity contribution >= 4 is 21.4 Å². The maximum absolute atomic E-state index is 12.1. The first-order valence-electron chi connectivity index (χ1n) is 6.02. The molecule has 0 atom stereocenters. The summed E-state index contributed by atoms with van der Waals surface area (Å²) in [6, 6.07) is 14.2. The van der Waals surface area contributed by atoms with Gasteiger partial charge in [-0.3, -0.25) is 4.79 Å². The lowest BCUT2D eigenvalue weighted by Crippen LogP contribution is -2.13. The van der Waals surface area contributed by atoms with E-state index < -0.39 is 15.7 Å². The van der Waals surface area contributed by atoms with Crippen LogP contribution in [0, 0.1) is 11.3 Å². The first-order chi connectivity index (χ1) is 9.91. The zero-order valence-corrected chi connectivity index (χ0v) is 12.0. The molecule has 0 unspecified atom stereocenters. The van der Waals surface area contributed by atoms with Gasteiger partial charge in [-0.2, -0.15) is 5.26 Å². The molecule has 0 fully saturated rings. The Morgan fingerprint density at radius 2 is 1.71 bits per heavy atom. The molecule has 0 aliphatic heterocycles. The molecule has 0 spiro atoms. The van der Waals surface area contributed by atoms with Crippen molar-refractivity contribution in [3.8, 4) is 6.07 Å². The summed E-state index contributed by atoms with van der Waals surface area (Å²) in [6.45, 7) is 0. The van der Waals surface area contributed by atoms with Crippen LogP contribution in [0.4, 0.5) is 5.69 Å². The normalized spacial score (nSPS) is 10.7. The first-order valence-corrected chi connectivity index (χ1v) is 7.91. The fourth-order valence-corrected chi connectivity index (χ4v) is 2.37. The number of benzene rings is 2. The molecule has 21 heavy (non-hydrogen) atoms. The molecular weight excluding hydrogens is 288 g/mol. The van der Waals surface area contributed by atoms with Crippen LogP contribution < -0.4 is 5.32 Å². The molecule has 0 bridgehead atoms. The van der Waals surface area contributed by atoms with Crippen LogP contribution in [0.25, 0.3) is 0 Å². The fraction of sp³-hybridized carbons (Fsp3) is 0.0667. The number of carbonyl (C=O) groups is 1. The van der Waals surface area contributed by atoms with Gasteiger partial charge in [0.2, 0.25) is 0 Å². The SMILES string of the molecule is CS(=O)(=O)c1ccc(C(=O)Nc2ccccc2C#N)cc1. The molecule has 2 aromatic rings. The number of nitriles is 1. The van der Waals surface area contributed by atoms with Gasteiger partial charge in [0, 0.05) is 11.8 Å². The van der Waals surface area contributed by atoms with Crippen molar-refractivity contribution in [3.05, 3.63) is 59.7 Å². The Bertz CT molecular complexity index is 819. The largest absolute Gasteiger partial charge is 0.321 e. The van der Waals surface area contributed by atoms with Gasteiger partial charge in [-0.1, -0.05) is 12.1 Å². The van der Waals surface area contributed by atoms with Gasteiger partial charge >= 0.3 is 0 Å². The average Bonchev–Trinajstić information content (AvgIpc) is 2.47. The highest BCUT2D eigenvalue weighted by Crippen LogP contribution is 2.16. The van der Waals surface area contributed by atoms with E-state index in [0.717, 1.165) is 6.26 Å². The number of hydrogen-bond acceptors (Lipinski definition) is 4. The summed E-state index contributed by atoms with van der Waals surface area (Å²) < 4.78 is 22.7. The van der Waals surface area contributed by atoms with Crippen LogP contribution in [-0.2, 0) is 9.84 Å². The molecule has 6 heteroatoms. The van der Waals surface area contributed by atoms with Gasteiger partial charge in [0.15, 0.2) is 9.84 Å². The van der Waals surface area contributed by atoms with E-state index in [2.05, 4.69) is 5.32 Å². The third kappa shape index (κ3) is 3.46. The van der Waals surface area contributed by atoms with E-state index in [4.69, 9.17) is 5.26 Å². The number of carbonyl (C=O) groups excluding carboxylic acids is 1. The maximum atomic E-state index is 12.1. The topological polar surface area (TPSA) is 87.0 Å². The Balaban J connectivity index is 2.24. The Labute approximate surface area is 122 Å². The molecule has 0 heterocycles. The summed E-state index contributed by atoms with van der Waals surface area (Å²) in [5, 5.41) is 11.6. The molecule has 0 saturated carbocycles. The molecule has 0 aliphatic carbocycles. The third-order valence-electron chi connectivity index (χ3n) is 2.84. The van der Waals surface area contributed by atoms with E-state index in [1.165, 1.54) is 24.3 Å².